The number of aromatic nitrogens is 1. The Balaban J connectivity index is 1.98. The Bertz CT molecular complexity index is 552. The standard InChI is InChI=1S/C11H8N2O3S2/c14-10(7-18-11-12-5-6-17-11)8-1-3-9(4-2-8)13(15)16/h1-6H,7H2. The monoisotopic (exact) mass is 280 g/mol. The van der Waals surface area contributed by atoms with E-state index in [2.05, 4.69) is 4.98 Å². The van der Waals surface area contributed by atoms with Crippen LogP contribution in [-0.4, -0.2) is 21.4 Å². The maximum Gasteiger partial charge on any atom is 0.269 e. The third kappa shape index (κ3) is 3.14. The van der Waals surface area contributed by atoms with Crippen LogP contribution in [0.5, 0.6) is 0 Å². The average molecular weight is 280 g/mol. The molecule has 18 heavy (non-hydrogen) atoms. The molecule has 0 aliphatic rings. The number of hydrogen-bond acceptors (Lipinski definition) is 6. The zero-order valence-corrected chi connectivity index (χ0v) is 10.7. The van der Waals surface area contributed by atoms with Crippen LogP contribution in [0.2, 0.25) is 0 Å². The summed E-state index contributed by atoms with van der Waals surface area (Å²) in [4.78, 5) is 25.9. The van der Waals surface area contributed by atoms with Gasteiger partial charge in [0.25, 0.3) is 5.69 Å². The highest BCUT2D eigenvalue weighted by Crippen LogP contribution is 2.21. The third-order valence-corrected chi connectivity index (χ3v) is 4.10. The number of nitrogens with zero attached hydrogens (tertiary/aromatic N) is 2. The summed E-state index contributed by atoms with van der Waals surface area (Å²) < 4.78 is 0.838. The van der Waals surface area contributed by atoms with Crippen LogP contribution in [-0.2, 0) is 0 Å². The van der Waals surface area contributed by atoms with Gasteiger partial charge in [0, 0.05) is 29.3 Å². The summed E-state index contributed by atoms with van der Waals surface area (Å²) >= 11 is 2.84. The number of carbonyl (C=O) groups is 1. The lowest BCUT2D eigenvalue weighted by atomic mass is 10.1. The molecule has 0 atom stereocenters. The molecule has 7 heteroatoms. The SMILES string of the molecule is O=C(CSc1nccs1)c1ccc([N+](=O)[O-])cc1. The molecule has 1 heterocycles. The first-order chi connectivity index (χ1) is 8.66. The highest BCUT2D eigenvalue weighted by Gasteiger charge is 2.10. The zero-order valence-electron chi connectivity index (χ0n) is 9.11. The number of non-ortho nitro benzene ring substituents is 1. The molecule has 0 aliphatic carbocycles. The van der Waals surface area contributed by atoms with Crippen molar-refractivity contribution in [3.05, 3.63) is 51.5 Å². The van der Waals surface area contributed by atoms with E-state index >= 15 is 0 Å². The van der Waals surface area contributed by atoms with Crippen molar-refractivity contribution in [3.8, 4) is 0 Å². The fourth-order valence-electron chi connectivity index (χ4n) is 1.26. The summed E-state index contributed by atoms with van der Waals surface area (Å²) in [6, 6.07) is 5.62. The second kappa shape index (κ2) is 5.74. The Kier molecular flexibility index (Phi) is 4.06. The first-order valence-electron chi connectivity index (χ1n) is 4.97. The maximum atomic E-state index is 11.8. The average Bonchev–Trinajstić information content (AvgIpc) is 2.89. The number of thioether (sulfide) groups is 1. The van der Waals surface area contributed by atoms with Gasteiger partial charge in [0.1, 0.15) is 4.34 Å². The van der Waals surface area contributed by atoms with Gasteiger partial charge in [-0.25, -0.2) is 4.98 Å². The Morgan fingerprint density at radius 3 is 2.67 bits per heavy atom. The number of rotatable bonds is 5. The molecule has 5 nitrogen and oxygen atoms in total. The molecule has 0 saturated carbocycles. The van der Waals surface area contributed by atoms with Crippen LogP contribution in [0.3, 0.4) is 0 Å². The third-order valence-electron chi connectivity index (χ3n) is 2.14. The molecule has 92 valence electrons. The van der Waals surface area contributed by atoms with Crippen LogP contribution in [0.25, 0.3) is 0 Å². The van der Waals surface area contributed by atoms with Gasteiger partial charge in [0.05, 0.1) is 10.7 Å². The molecule has 0 amide bonds. The van der Waals surface area contributed by atoms with Gasteiger partial charge in [0.15, 0.2) is 5.78 Å². The molecule has 0 radical (unpaired) electrons. The molecule has 0 aliphatic heterocycles. The van der Waals surface area contributed by atoms with E-state index in [0.29, 0.717) is 5.56 Å². The largest absolute Gasteiger partial charge is 0.293 e. The Morgan fingerprint density at radius 1 is 1.39 bits per heavy atom. The van der Waals surface area contributed by atoms with Gasteiger partial charge in [-0.3, -0.25) is 14.9 Å². The second-order valence-electron chi connectivity index (χ2n) is 3.31. The van der Waals surface area contributed by atoms with Crippen molar-refractivity contribution in [1.82, 2.24) is 4.98 Å². The second-order valence-corrected chi connectivity index (χ2v) is 5.43. The number of hydrogen-bond donors (Lipinski definition) is 0. The number of nitro groups is 1. The van der Waals surface area contributed by atoms with E-state index in [9.17, 15) is 14.9 Å². The lowest BCUT2D eigenvalue weighted by molar-refractivity contribution is -0.384. The van der Waals surface area contributed by atoms with Gasteiger partial charge < -0.3 is 0 Å². The molecule has 2 rings (SSSR count). The fraction of sp³-hybridized carbons (Fsp3) is 0.0909. The molecule has 0 spiro atoms. The number of ketones is 1. The first kappa shape index (κ1) is 12.7. The van der Waals surface area contributed by atoms with E-state index in [0.717, 1.165) is 4.34 Å². The molecule has 1 aromatic heterocycles. The normalized spacial score (nSPS) is 10.2. The summed E-state index contributed by atoms with van der Waals surface area (Å²) in [5.74, 6) is 0.218. The molecular formula is C11H8N2O3S2. The Hall–Kier alpha value is -1.73. The van der Waals surface area contributed by atoms with Crippen molar-refractivity contribution in [1.29, 1.82) is 0 Å². The summed E-state index contributed by atoms with van der Waals surface area (Å²) in [5.41, 5.74) is 0.462. The van der Waals surface area contributed by atoms with Gasteiger partial charge in [-0.2, -0.15) is 0 Å². The van der Waals surface area contributed by atoms with Crippen LogP contribution in [0.4, 0.5) is 5.69 Å². The fourth-order valence-corrected chi connectivity index (χ4v) is 2.79. The highest BCUT2D eigenvalue weighted by atomic mass is 32.2. The van der Waals surface area contributed by atoms with E-state index in [1.165, 1.54) is 47.4 Å². The minimum Gasteiger partial charge on any atom is -0.293 e. The topological polar surface area (TPSA) is 73.1 Å². The van der Waals surface area contributed by atoms with E-state index in [-0.39, 0.29) is 17.2 Å². The predicted molar refractivity (Wildman–Crippen MR) is 70.3 cm³/mol. The van der Waals surface area contributed by atoms with Gasteiger partial charge >= 0.3 is 0 Å². The van der Waals surface area contributed by atoms with Crippen LogP contribution in [0.15, 0.2) is 40.2 Å². The number of thiazole rings is 1. The van der Waals surface area contributed by atoms with E-state index < -0.39 is 4.92 Å². The van der Waals surface area contributed by atoms with Gasteiger partial charge in [0.2, 0.25) is 0 Å². The first-order valence-corrected chi connectivity index (χ1v) is 6.83. The summed E-state index contributed by atoms with van der Waals surface area (Å²) in [5, 5.41) is 12.3. The number of nitro benzene ring substituents is 1. The zero-order chi connectivity index (χ0) is 13.0. The molecule has 0 fully saturated rings. The Morgan fingerprint density at radius 2 is 2.11 bits per heavy atom. The lowest BCUT2D eigenvalue weighted by Crippen LogP contribution is -2.02. The predicted octanol–water partition coefficient (Wildman–Crippen LogP) is 3.03. The molecular weight excluding hydrogens is 272 g/mol. The van der Waals surface area contributed by atoms with Crippen molar-refractivity contribution in [2.45, 2.75) is 4.34 Å². The molecule has 0 N–H and O–H groups in total. The van der Waals surface area contributed by atoms with Crippen molar-refractivity contribution in [2.24, 2.45) is 0 Å². The summed E-state index contributed by atoms with van der Waals surface area (Å²) in [7, 11) is 0. The molecule has 0 saturated heterocycles. The Labute approximate surface area is 111 Å². The van der Waals surface area contributed by atoms with Crippen molar-refractivity contribution >= 4 is 34.6 Å². The van der Waals surface area contributed by atoms with Gasteiger partial charge in [-0.15, -0.1) is 11.3 Å². The highest BCUT2D eigenvalue weighted by molar-refractivity contribution is 8.01. The molecule has 2 aromatic rings. The van der Waals surface area contributed by atoms with Gasteiger partial charge in [-0.1, -0.05) is 11.8 Å². The van der Waals surface area contributed by atoms with Crippen molar-refractivity contribution in [3.63, 3.8) is 0 Å². The van der Waals surface area contributed by atoms with Crippen LogP contribution in [0, 0.1) is 10.1 Å². The minimum atomic E-state index is -0.488. The quantitative estimate of drug-likeness (QED) is 0.364. The maximum absolute atomic E-state index is 11.8. The van der Waals surface area contributed by atoms with E-state index in [1.807, 2.05) is 5.38 Å². The van der Waals surface area contributed by atoms with Crippen molar-refractivity contribution in [2.75, 3.05) is 5.75 Å². The van der Waals surface area contributed by atoms with Crippen LogP contribution in [0.1, 0.15) is 10.4 Å². The smallest absolute Gasteiger partial charge is 0.269 e. The van der Waals surface area contributed by atoms with Crippen LogP contribution < -0.4 is 0 Å². The molecule has 0 bridgehead atoms. The minimum absolute atomic E-state index is 0.0147. The molecule has 0 unspecified atom stereocenters. The summed E-state index contributed by atoms with van der Waals surface area (Å²) in [6.07, 6.45) is 1.68. The summed E-state index contributed by atoms with van der Waals surface area (Å²) in [6.45, 7) is 0. The van der Waals surface area contributed by atoms with Gasteiger partial charge in [-0.05, 0) is 12.1 Å². The van der Waals surface area contributed by atoms with E-state index in [1.54, 1.807) is 6.20 Å². The lowest BCUT2D eigenvalue weighted by Gasteiger charge is -1.99. The molecule has 1 aromatic carbocycles. The van der Waals surface area contributed by atoms with Crippen molar-refractivity contribution < 1.29 is 9.72 Å². The number of carbonyl (C=O) groups excluding carboxylic acids is 1. The van der Waals surface area contributed by atoms with Crippen LogP contribution >= 0.6 is 23.1 Å². The van der Waals surface area contributed by atoms with E-state index in [4.69, 9.17) is 0 Å². The number of Topliss-reactive ketones (excluding diaryl/α,β-unsaturated/α-hetero) is 1. The number of benzene rings is 1.